The summed E-state index contributed by atoms with van der Waals surface area (Å²) in [6.07, 6.45) is 1.51. The lowest BCUT2D eigenvalue weighted by atomic mass is 10.0. The Morgan fingerprint density at radius 3 is 2.68 bits per heavy atom. The summed E-state index contributed by atoms with van der Waals surface area (Å²) in [6.45, 7) is 11.7. The number of nitrogens with zero attached hydrogens (tertiary/aromatic N) is 1. The third kappa shape index (κ3) is 4.55. The number of rotatable bonds is 7. The zero-order valence-electron chi connectivity index (χ0n) is 14.1. The Bertz CT molecular complexity index is 508. The Kier molecular flexibility index (Phi) is 6.40. The van der Waals surface area contributed by atoms with E-state index in [1.54, 1.807) is 0 Å². The molecular formula is C18H28N2O2. The second-order valence-electron chi connectivity index (χ2n) is 6.07. The van der Waals surface area contributed by atoms with E-state index in [-0.39, 0.29) is 5.78 Å². The quantitative estimate of drug-likeness (QED) is 0.786. The van der Waals surface area contributed by atoms with Crippen LogP contribution in [0.3, 0.4) is 0 Å². The van der Waals surface area contributed by atoms with Crippen LogP contribution < -0.4 is 10.1 Å². The van der Waals surface area contributed by atoms with Gasteiger partial charge < -0.3 is 15.0 Å². The van der Waals surface area contributed by atoms with Gasteiger partial charge in [0.05, 0.1) is 12.2 Å². The first-order valence-corrected chi connectivity index (χ1v) is 8.32. The Labute approximate surface area is 133 Å². The SMILES string of the molecule is CCCOc1c(C)cc(C)cc1C(=O)CCN1CCNCC1. The molecule has 122 valence electrons. The highest BCUT2D eigenvalue weighted by atomic mass is 16.5. The molecule has 4 heteroatoms. The van der Waals surface area contributed by atoms with E-state index in [2.05, 4.69) is 23.2 Å². The Hall–Kier alpha value is -1.39. The van der Waals surface area contributed by atoms with Gasteiger partial charge in [-0.2, -0.15) is 0 Å². The van der Waals surface area contributed by atoms with E-state index in [9.17, 15) is 4.79 Å². The first-order chi connectivity index (χ1) is 10.6. The number of piperazine rings is 1. The van der Waals surface area contributed by atoms with Gasteiger partial charge in [-0.1, -0.05) is 13.0 Å². The fourth-order valence-electron chi connectivity index (χ4n) is 2.89. The molecule has 0 saturated carbocycles. The van der Waals surface area contributed by atoms with E-state index >= 15 is 0 Å². The molecule has 1 aliphatic heterocycles. The van der Waals surface area contributed by atoms with Crippen molar-refractivity contribution in [1.29, 1.82) is 0 Å². The molecule has 1 fully saturated rings. The van der Waals surface area contributed by atoms with Gasteiger partial charge in [0.25, 0.3) is 0 Å². The van der Waals surface area contributed by atoms with Crippen LogP contribution in [0.1, 0.15) is 41.3 Å². The van der Waals surface area contributed by atoms with Crippen LogP contribution in [0, 0.1) is 13.8 Å². The van der Waals surface area contributed by atoms with Gasteiger partial charge in [-0.15, -0.1) is 0 Å². The predicted octanol–water partition coefficient (Wildman–Crippen LogP) is 2.57. The second-order valence-corrected chi connectivity index (χ2v) is 6.07. The van der Waals surface area contributed by atoms with E-state index in [4.69, 9.17) is 4.74 Å². The van der Waals surface area contributed by atoms with Crippen LogP contribution in [0.4, 0.5) is 0 Å². The molecule has 1 aromatic carbocycles. The second kappa shape index (κ2) is 8.30. The van der Waals surface area contributed by atoms with Crippen molar-refractivity contribution in [3.8, 4) is 5.75 Å². The average Bonchev–Trinajstić information content (AvgIpc) is 2.52. The monoisotopic (exact) mass is 304 g/mol. The summed E-state index contributed by atoms with van der Waals surface area (Å²) in [7, 11) is 0. The summed E-state index contributed by atoms with van der Waals surface area (Å²) < 4.78 is 5.84. The Balaban J connectivity index is 2.06. The minimum atomic E-state index is 0.191. The zero-order chi connectivity index (χ0) is 15.9. The van der Waals surface area contributed by atoms with Crippen molar-refractivity contribution in [2.24, 2.45) is 0 Å². The standard InChI is InChI=1S/C18H28N2O2/c1-4-11-22-18-15(3)12-14(2)13-16(18)17(21)5-8-20-9-6-19-7-10-20/h12-13,19H,4-11H2,1-3H3. The maximum absolute atomic E-state index is 12.7. The molecule has 0 unspecified atom stereocenters. The maximum Gasteiger partial charge on any atom is 0.167 e. The molecule has 1 N–H and O–H groups in total. The Morgan fingerprint density at radius 2 is 2.00 bits per heavy atom. The van der Waals surface area contributed by atoms with E-state index in [1.165, 1.54) is 0 Å². The number of benzene rings is 1. The number of carbonyl (C=O) groups is 1. The van der Waals surface area contributed by atoms with Crippen LogP contribution in [0.25, 0.3) is 0 Å². The summed E-state index contributed by atoms with van der Waals surface area (Å²) >= 11 is 0. The molecule has 1 aromatic rings. The number of hydrogen-bond donors (Lipinski definition) is 1. The van der Waals surface area contributed by atoms with Crippen molar-refractivity contribution in [2.45, 2.75) is 33.6 Å². The minimum absolute atomic E-state index is 0.191. The van der Waals surface area contributed by atoms with Gasteiger partial charge in [0.2, 0.25) is 0 Å². The molecule has 0 spiro atoms. The van der Waals surface area contributed by atoms with Crippen molar-refractivity contribution in [2.75, 3.05) is 39.3 Å². The van der Waals surface area contributed by atoms with Crippen LogP contribution in [0.15, 0.2) is 12.1 Å². The number of carbonyl (C=O) groups excluding carboxylic acids is 1. The highest BCUT2D eigenvalue weighted by Gasteiger charge is 2.17. The summed E-state index contributed by atoms with van der Waals surface area (Å²) in [5, 5.41) is 3.33. The first-order valence-electron chi connectivity index (χ1n) is 8.32. The highest BCUT2D eigenvalue weighted by molar-refractivity contribution is 5.99. The fourth-order valence-corrected chi connectivity index (χ4v) is 2.89. The number of hydrogen-bond acceptors (Lipinski definition) is 4. The lowest BCUT2D eigenvalue weighted by Crippen LogP contribution is -2.44. The average molecular weight is 304 g/mol. The van der Waals surface area contributed by atoms with E-state index < -0.39 is 0 Å². The van der Waals surface area contributed by atoms with E-state index in [0.717, 1.165) is 61.6 Å². The third-order valence-electron chi connectivity index (χ3n) is 4.03. The van der Waals surface area contributed by atoms with Gasteiger partial charge in [0.15, 0.2) is 5.78 Å². The normalized spacial score (nSPS) is 15.8. The van der Waals surface area contributed by atoms with Crippen LogP contribution in [0.2, 0.25) is 0 Å². The van der Waals surface area contributed by atoms with E-state index in [1.807, 2.05) is 19.9 Å². The predicted molar refractivity (Wildman–Crippen MR) is 90.0 cm³/mol. The van der Waals surface area contributed by atoms with Crippen molar-refractivity contribution in [3.05, 3.63) is 28.8 Å². The van der Waals surface area contributed by atoms with Crippen molar-refractivity contribution in [3.63, 3.8) is 0 Å². The molecule has 2 rings (SSSR count). The maximum atomic E-state index is 12.7. The molecule has 0 bridgehead atoms. The molecule has 4 nitrogen and oxygen atoms in total. The molecule has 1 heterocycles. The lowest BCUT2D eigenvalue weighted by Gasteiger charge is -2.26. The third-order valence-corrected chi connectivity index (χ3v) is 4.03. The molecule has 22 heavy (non-hydrogen) atoms. The summed E-state index contributed by atoms with van der Waals surface area (Å²) in [5.41, 5.74) is 2.92. The number of aryl methyl sites for hydroxylation is 2. The van der Waals surface area contributed by atoms with Gasteiger partial charge in [-0.3, -0.25) is 4.79 Å². The van der Waals surface area contributed by atoms with Crippen LogP contribution >= 0.6 is 0 Å². The van der Waals surface area contributed by atoms with Gasteiger partial charge >= 0.3 is 0 Å². The number of Topliss-reactive ketones (excluding diaryl/α,β-unsaturated/α-hetero) is 1. The fraction of sp³-hybridized carbons (Fsp3) is 0.611. The summed E-state index contributed by atoms with van der Waals surface area (Å²) in [5.74, 6) is 0.967. The number of nitrogens with one attached hydrogen (secondary N) is 1. The Morgan fingerprint density at radius 1 is 1.27 bits per heavy atom. The van der Waals surface area contributed by atoms with Gasteiger partial charge in [0, 0.05) is 39.1 Å². The molecule has 1 saturated heterocycles. The highest BCUT2D eigenvalue weighted by Crippen LogP contribution is 2.27. The minimum Gasteiger partial charge on any atom is -0.493 e. The number of ether oxygens (including phenoxy) is 1. The molecular weight excluding hydrogens is 276 g/mol. The van der Waals surface area contributed by atoms with Gasteiger partial charge in [-0.05, 0) is 37.5 Å². The van der Waals surface area contributed by atoms with Crippen molar-refractivity contribution < 1.29 is 9.53 Å². The molecule has 0 radical (unpaired) electrons. The van der Waals surface area contributed by atoms with Crippen LogP contribution in [0.5, 0.6) is 5.75 Å². The van der Waals surface area contributed by atoms with Crippen LogP contribution in [-0.4, -0.2) is 50.0 Å². The van der Waals surface area contributed by atoms with Crippen molar-refractivity contribution in [1.82, 2.24) is 10.2 Å². The van der Waals surface area contributed by atoms with Gasteiger partial charge in [0.1, 0.15) is 5.75 Å². The molecule has 0 aliphatic carbocycles. The smallest absolute Gasteiger partial charge is 0.167 e. The first kappa shape index (κ1) is 17.0. The molecule has 0 aromatic heterocycles. The summed E-state index contributed by atoms with van der Waals surface area (Å²) in [6, 6.07) is 4.05. The zero-order valence-corrected chi connectivity index (χ0v) is 14.1. The number of ketones is 1. The largest absolute Gasteiger partial charge is 0.493 e. The van der Waals surface area contributed by atoms with Crippen molar-refractivity contribution >= 4 is 5.78 Å². The molecule has 0 atom stereocenters. The topological polar surface area (TPSA) is 41.6 Å². The van der Waals surface area contributed by atoms with Gasteiger partial charge in [-0.25, -0.2) is 0 Å². The lowest BCUT2D eigenvalue weighted by molar-refractivity contribution is 0.0956. The molecule has 1 aliphatic rings. The van der Waals surface area contributed by atoms with E-state index in [0.29, 0.717) is 13.0 Å². The molecule has 0 amide bonds. The summed E-state index contributed by atoms with van der Waals surface area (Å²) in [4.78, 5) is 15.0. The van der Waals surface area contributed by atoms with Crippen LogP contribution in [-0.2, 0) is 0 Å².